The molecule has 3 heterocycles. The van der Waals surface area contributed by atoms with Gasteiger partial charge in [0.05, 0.1) is 26.8 Å². The van der Waals surface area contributed by atoms with E-state index >= 15 is 0 Å². The van der Waals surface area contributed by atoms with E-state index in [9.17, 15) is 13.2 Å². The van der Waals surface area contributed by atoms with Crippen LogP contribution < -0.4 is 5.32 Å². The lowest BCUT2D eigenvalue weighted by Gasteiger charge is -2.24. The molecule has 0 amide bonds. The van der Waals surface area contributed by atoms with Crippen molar-refractivity contribution in [3.63, 3.8) is 0 Å². The van der Waals surface area contributed by atoms with Crippen molar-refractivity contribution in [1.82, 2.24) is 15.3 Å². The molecule has 1 aliphatic heterocycles. The molecule has 0 atom stereocenters. The van der Waals surface area contributed by atoms with Gasteiger partial charge in [-0.05, 0) is 73.5 Å². The molecule has 2 aromatic heterocycles. The zero-order valence-corrected chi connectivity index (χ0v) is 19.5. The second-order valence-electron chi connectivity index (χ2n) is 8.35. The van der Waals surface area contributed by atoms with E-state index in [1.165, 1.54) is 12.1 Å². The molecule has 4 aromatic rings. The first kappa shape index (κ1) is 23.1. The first-order valence-corrected chi connectivity index (χ1v) is 11.7. The number of alkyl halides is 3. The van der Waals surface area contributed by atoms with Crippen molar-refractivity contribution >= 4 is 34.1 Å². The molecule has 0 aliphatic carbocycles. The van der Waals surface area contributed by atoms with E-state index in [0.717, 1.165) is 37.7 Å². The Bertz CT molecular complexity index is 1350. The molecule has 2 aromatic carbocycles. The molecule has 0 radical (unpaired) electrons. The summed E-state index contributed by atoms with van der Waals surface area (Å²) in [6.45, 7) is 1.72. The maximum Gasteiger partial charge on any atom is 0.416 e. The topological polar surface area (TPSA) is 37.8 Å². The number of fused-ring (bicyclic) bond motifs is 1. The van der Waals surface area contributed by atoms with Gasteiger partial charge in [0.2, 0.25) is 0 Å². The van der Waals surface area contributed by atoms with Crippen LogP contribution in [0, 0.1) is 0 Å². The number of hydrogen-bond acceptors (Lipinski definition) is 3. The monoisotopic (exact) mass is 501 g/mol. The standard InChI is InChI=1S/C26H20Cl2F3N3/c27-20-5-2-6-21(28)23(20)25-24-18(9-12-33-25)19(14-22(34-24)15-7-10-32-11-8-15)16-3-1-4-17(13-16)26(29,30)31/h1-6,9,12-15,32H,7-8,10-11H2. The Hall–Kier alpha value is -2.67. The van der Waals surface area contributed by atoms with Crippen LogP contribution in [-0.4, -0.2) is 23.1 Å². The van der Waals surface area contributed by atoms with E-state index in [2.05, 4.69) is 10.3 Å². The van der Waals surface area contributed by atoms with Crippen LogP contribution in [0.1, 0.15) is 30.0 Å². The average molecular weight is 502 g/mol. The Balaban J connectivity index is 1.80. The fourth-order valence-corrected chi connectivity index (χ4v) is 5.08. The third-order valence-corrected chi connectivity index (χ3v) is 6.84. The first-order valence-electron chi connectivity index (χ1n) is 11.0. The minimum atomic E-state index is -4.44. The second-order valence-corrected chi connectivity index (χ2v) is 9.16. The molecule has 34 heavy (non-hydrogen) atoms. The van der Waals surface area contributed by atoms with Gasteiger partial charge in [-0.15, -0.1) is 0 Å². The van der Waals surface area contributed by atoms with E-state index in [1.54, 1.807) is 36.5 Å². The molecule has 1 saturated heterocycles. The van der Waals surface area contributed by atoms with E-state index in [0.29, 0.717) is 43.3 Å². The average Bonchev–Trinajstić information content (AvgIpc) is 2.83. The van der Waals surface area contributed by atoms with Crippen molar-refractivity contribution in [2.75, 3.05) is 13.1 Å². The van der Waals surface area contributed by atoms with Crippen molar-refractivity contribution < 1.29 is 13.2 Å². The summed E-state index contributed by atoms with van der Waals surface area (Å²) in [5.41, 5.74) is 2.93. The molecule has 0 saturated carbocycles. The summed E-state index contributed by atoms with van der Waals surface area (Å²) in [6.07, 6.45) is -1.04. The molecule has 1 N–H and O–H groups in total. The molecular weight excluding hydrogens is 482 g/mol. The second kappa shape index (κ2) is 9.17. The molecule has 1 aliphatic rings. The maximum absolute atomic E-state index is 13.5. The van der Waals surface area contributed by atoms with Crippen LogP contribution in [0.5, 0.6) is 0 Å². The summed E-state index contributed by atoms with van der Waals surface area (Å²) in [7, 11) is 0. The van der Waals surface area contributed by atoms with Gasteiger partial charge in [-0.1, -0.05) is 41.4 Å². The van der Waals surface area contributed by atoms with Crippen molar-refractivity contribution in [1.29, 1.82) is 0 Å². The summed E-state index contributed by atoms with van der Waals surface area (Å²) < 4.78 is 40.4. The highest BCUT2D eigenvalue weighted by Gasteiger charge is 2.31. The molecule has 174 valence electrons. The third-order valence-electron chi connectivity index (χ3n) is 6.21. The highest BCUT2D eigenvalue weighted by molar-refractivity contribution is 6.39. The maximum atomic E-state index is 13.5. The Morgan fingerprint density at radius 2 is 1.62 bits per heavy atom. The SMILES string of the molecule is FC(F)(F)c1cccc(-c2cc(C3CCNCC3)nc3c(-c4c(Cl)cccc4Cl)nccc23)c1. The van der Waals surface area contributed by atoms with Crippen LogP contribution >= 0.6 is 23.2 Å². The number of hydrogen-bond donors (Lipinski definition) is 1. The molecule has 8 heteroatoms. The number of rotatable bonds is 3. The smallest absolute Gasteiger partial charge is 0.317 e. The number of pyridine rings is 2. The first-order chi connectivity index (χ1) is 16.3. The summed E-state index contributed by atoms with van der Waals surface area (Å²) in [6, 6.07) is 14.3. The lowest BCUT2D eigenvalue weighted by Crippen LogP contribution is -2.27. The van der Waals surface area contributed by atoms with Crippen LogP contribution in [0.3, 0.4) is 0 Å². The van der Waals surface area contributed by atoms with Gasteiger partial charge in [0, 0.05) is 28.8 Å². The van der Waals surface area contributed by atoms with Gasteiger partial charge in [-0.25, -0.2) is 0 Å². The number of nitrogens with zero attached hydrogens (tertiary/aromatic N) is 2. The van der Waals surface area contributed by atoms with E-state index in [1.807, 2.05) is 6.07 Å². The van der Waals surface area contributed by atoms with Crippen molar-refractivity contribution in [2.45, 2.75) is 24.9 Å². The Morgan fingerprint density at radius 1 is 0.912 bits per heavy atom. The lowest BCUT2D eigenvalue weighted by molar-refractivity contribution is -0.137. The Morgan fingerprint density at radius 3 is 2.32 bits per heavy atom. The van der Waals surface area contributed by atoms with Crippen LogP contribution in [0.15, 0.2) is 60.8 Å². The number of halogens is 5. The van der Waals surface area contributed by atoms with E-state index < -0.39 is 11.7 Å². The molecule has 5 rings (SSSR count). The fourth-order valence-electron chi connectivity index (χ4n) is 4.51. The zero-order chi connectivity index (χ0) is 23.9. The van der Waals surface area contributed by atoms with Crippen LogP contribution in [0.2, 0.25) is 10.0 Å². The van der Waals surface area contributed by atoms with E-state index in [-0.39, 0.29) is 5.92 Å². The van der Waals surface area contributed by atoms with Crippen LogP contribution in [0.4, 0.5) is 13.2 Å². The quantitative estimate of drug-likeness (QED) is 0.311. The van der Waals surface area contributed by atoms with Gasteiger partial charge in [0.15, 0.2) is 0 Å². The molecule has 0 spiro atoms. The van der Waals surface area contributed by atoms with Crippen molar-refractivity contribution in [3.05, 3.63) is 82.1 Å². The Kier molecular flexibility index (Phi) is 6.23. The number of nitrogens with one attached hydrogen (secondary N) is 1. The van der Waals surface area contributed by atoms with Gasteiger partial charge >= 0.3 is 6.18 Å². The largest absolute Gasteiger partial charge is 0.416 e. The van der Waals surface area contributed by atoms with Gasteiger partial charge in [-0.3, -0.25) is 9.97 Å². The molecule has 3 nitrogen and oxygen atoms in total. The molecule has 1 fully saturated rings. The van der Waals surface area contributed by atoms with Gasteiger partial charge in [0.25, 0.3) is 0 Å². The highest BCUT2D eigenvalue weighted by Crippen LogP contribution is 2.41. The highest BCUT2D eigenvalue weighted by atomic mass is 35.5. The summed E-state index contributed by atoms with van der Waals surface area (Å²) in [5.74, 6) is 0.185. The number of benzene rings is 2. The molecule has 0 unspecified atom stereocenters. The van der Waals surface area contributed by atoms with Gasteiger partial charge < -0.3 is 5.32 Å². The van der Waals surface area contributed by atoms with Gasteiger partial charge in [0.1, 0.15) is 0 Å². The van der Waals surface area contributed by atoms with Crippen LogP contribution in [0.25, 0.3) is 33.3 Å². The van der Waals surface area contributed by atoms with Crippen molar-refractivity contribution in [2.24, 2.45) is 0 Å². The predicted molar refractivity (Wildman–Crippen MR) is 130 cm³/mol. The summed E-state index contributed by atoms with van der Waals surface area (Å²) >= 11 is 13.0. The predicted octanol–water partition coefficient (Wildman–Crippen LogP) is 7.76. The molecule has 0 bridgehead atoms. The minimum absolute atomic E-state index is 0.185. The summed E-state index contributed by atoms with van der Waals surface area (Å²) in [4.78, 5) is 9.54. The van der Waals surface area contributed by atoms with Crippen molar-refractivity contribution in [3.8, 4) is 22.4 Å². The Labute approximate surface area is 205 Å². The summed E-state index contributed by atoms with van der Waals surface area (Å²) in [5, 5.41) is 4.90. The van der Waals surface area contributed by atoms with Crippen LogP contribution in [-0.2, 0) is 6.18 Å². The van der Waals surface area contributed by atoms with Gasteiger partial charge in [-0.2, -0.15) is 13.2 Å². The third kappa shape index (κ3) is 4.38. The number of piperidine rings is 1. The number of aromatic nitrogens is 2. The molecular formula is C26H20Cl2F3N3. The minimum Gasteiger partial charge on any atom is -0.317 e. The fraction of sp³-hybridized carbons (Fsp3) is 0.231. The normalized spacial score (nSPS) is 15.1. The lowest BCUT2D eigenvalue weighted by atomic mass is 9.90. The zero-order valence-electron chi connectivity index (χ0n) is 18.0. The van der Waals surface area contributed by atoms with E-state index in [4.69, 9.17) is 28.2 Å².